The van der Waals surface area contributed by atoms with Crippen LogP contribution in [0.4, 0.5) is 0 Å². The van der Waals surface area contributed by atoms with Crippen LogP contribution in [-0.4, -0.2) is 43.6 Å². The molecule has 1 aromatic rings. The van der Waals surface area contributed by atoms with Crippen LogP contribution in [0.2, 0.25) is 0 Å². The summed E-state index contributed by atoms with van der Waals surface area (Å²) in [5, 5.41) is 3.23. The average molecular weight is 246 g/mol. The molecule has 0 atom stereocenters. The summed E-state index contributed by atoms with van der Waals surface area (Å²) in [6.07, 6.45) is 1.67. The smallest absolute Gasteiger partial charge is 0.257 e. The van der Waals surface area contributed by atoms with E-state index in [0.717, 1.165) is 26.2 Å². The normalized spacial score (nSPS) is 15.2. The molecule has 1 heterocycles. The number of benzene rings is 1. The molecule has 18 heavy (non-hydrogen) atoms. The minimum atomic E-state index is 0.0381. The summed E-state index contributed by atoms with van der Waals surface area (Å²) in [7, 11) is 0. The number of ether oxygens (including phenoxy) is 1. The summed E-state index contributed by atoms with van der Waals surface area (Å²) < 4.78 is 5.52. The first-order valence-corrected chi connectivity index (χ1v) is 6.15. The van der Waals surface area contributed by atoms with Crippen LogP contribution in [-0.2, 0) is 0 Å². The summed E-state index contributed by atoms with van der Waals surface area (Å²) >= 11 is 0. The summed E-state index contributed by atoms with van der Waals surface area (Å²) in [5.74, 6) is 0.664. The molecule has 0 radical (unpaired) electrons. The monoisotopic (exact) mass is 246 g/mol. The molecule has 0 spiro atoms. The van der Waals surface area contributed by atoms with Gasteiger partial charge < -0.3 is 15.0 Å². The van der Waals surface area contributed by atoms with Crippen molar-refractivity contribution in [1.82, 2.24) is 10.2 Å². The number of nitrogens with one attached hydrogen (secondary N) is 1. The van der Waals surface area contributed by atoms with Gasteiger partial charge in [0.15, 0.2) is 0 Å². The molecule has 1 aromatic carbocycles. The van der Waals surface area contributed by atoms with E-state index >= 15 is 0 Å². The van der Waals surface area contributed by atoms with Gasteiger partial charge >= 0.3 is 0 Å². The zero-order valence-electron chi connectivity index (χ0n) is 10.4. The Kier molecular flexibility index (Phi) is 4.36. The summed E-state index contributed by atoms with van der Waals surface area (Å²) in [6, 6.07) is 7.35. The quantitative estimate of drug-likeness (QED) is 0.814. The number of para-hydroxylation sites is 1. The van der Waals surface area contributed by atoms with Crippen LogP contribution < -0.4 is 10.1 Å². The Bertz CT molecular complexity index is 426. The van der Waals surface area contributed by atoms with Crippen molar-refractivity contribution in [3.05, 3.63) is 42.5 Å². The first kappa shape index (κ1) is 12.6. The van der Waals surface area contributed by atoms with Crippen LogP contribution in [0.5, 0.6) is 5.75 Å². The van der Waals surface area contributed by atoms with E-state index < -0.39 is 0 Å². The molecule has 0 aliphatic carbocycles. The fraction of sp³-hybridized carbons (Fsp3) is 0.357. The van der Waals surface area contributed by atoms with Crippen molar-refractivity contribution in [2.75, 3.05) is 32.8 Å². The second-order valence-electron chi connectivity index (χ2n) is 4.14. The zero-order chi connectivity index (χ0) is 12.8. The van der Waals surface area contributed by atoms with E-state index in [1.165, 1.54) is 0 Å². The van der Waals surface area contributed by atoms with E-state index in [9.17, 15) is 4.79 Å². The van der Waals surface area contributed by atoms with Crippen molar-refractivity contribution in [3.8, 4) is 5.75 Å². The van der Waals surface area contributed by atoms with Gasteiger partial charge in [-0.25, -0.2) is 0 Å². The number of nitrogens with zero attached hydrogens (tertiary/aromatic N) is 1. The molecule has 0 unspecified atom stereocenters. The van der Waals surface area contributed by atoms with Crippen molar-refractivity contribution >= 4 is 5.91 Å². The van der Waals surface area contributed by atoms with Crippen LogP contribution in [0.15, 0.2) is 36.9 Å². The Labute approximate surface area is 107 Å². The number of hydrogen-bond donors (Lipinski definition) is 1. The second kappa shape index (κ2) is 6.21. The topological polar surface area (TPSA) is 41.6 Å². The van der Waals surface area contributed by atoms with E-state index in [0.29, 0.717) is 17.9 Å². The fourth-order valence-electron chi connectivity index (χ4n) is 1.96. The molecule has 0 bridgehead atoms. The molecule has 0 aromatic heterocycles. The van der Waals surface area contributed by atoms with Crippen molar-refractivity contribution in [2.45, 2.75) is 0 Å². The van der Waals surface area contributed by atoms with E-state index in [2.05, 4.69) is 11.9 Å². The highest BCUT2D eigenvalue weighted by Gasteiger charge is 2.20. The molecule has 4 nitrogen and oxygen atoms in total. The number of carbonyl (C=O) groups excluding carboxylic acids is 1. The fourth-order valence-corrected chi connectivity index (χ4v) is 1.96. The Morgan fingerprint density at radius 3 is 2.83 bits per heavy atom. The molecule has 1 fully saturated rings. The molecule has 96 valence electrons. The average Bonchev–Trinajstić information content (AvgIpc) is 2.45. The highest BCUT2D eigenvalue weighted by Crippen LogP contribution is 2.20. The number of amides is 1. The second-order valence-corrected chi connectivity index (χ2v) is 4.14. The predicted octanol–water partition coefficient (Wildman–Crippen LogP) is 1.30. The van der Waals surface area contributed by atoms with Crippen molar-refractivity contribution in [3.63, 3.8) is 0 Å². The number of piperazine rings is 1. The number of carbonyl (C=O) groups is 1. The molecule has 1 amide bonds. The van der Waals surface area contributed by atoms with Gasteiger partial charge in [-0.2, -0.15) is 0 Å². The molecule has 2 rings (SSSR count). The van der Waals surface area contributed by atoms with E-state index in [4.69, 9.17) is 4.74 Å². The van der Waals surface area contributed by atoms with Crippen LogP contribution in [0.1, 0.15) is 10.4 Å². The third-order valence-electron chi connectivity index (χ3n) is 2.88. The van der Waals surface area contributed by atoms with Gasteiger partial charge in [-0.05, 0) is 12.1 Å². The first-order valence-electron chi connectivity index (χ1n) is 6.15. The Hall–Kier alpha value is -1.81. The molecule has 0 saturated carbocycles. The Morgan fingerprint density at radius 1 is 1.39 bits per heavy atom. The molecular weight excluding hydrogens is 228 g/mol. The van der Waals surface area contributed by atoms with Crippen molar-refractivity contribution in [2.24, 2.45) is 0 Å². The summed E-state index contributed by atoms with van der Waals surface area (Å²) in [4.78, 5) is 14.2. The minimum absolute atomic E-state index is 0.0381. The molecule has 1 aliphatic rings. The van der Waals surface area contributed by atoms with Gasteiger partial charge in [0.05, 0.1) is 5.56 Å². The van der Waals surface area contributed by atoms with Crippen LogP contribution >= 0.6 is 0 Å². The van der Waals surface area contributed by atoms with Gasteiger partial charge in [0.1, 0.15) is 12.4 Å². The van der Waals surface area contributed by atoms with Gasteiger partial charge in [0, 0.05) is 26.2 Å². The van der Waals surface area contributed by atoms with Gasteiger partial charge in [0.25, 0.3) is 5.91 Å². The van der Waals surface area contributed by atoms with Gasteiger partial charge in [-0.1, -0.05) is 24.8 Å². The number of hydrogen-bond acceptors (Lipinski definition) is 3. The van der Waals surface area contributed by atoms with E-state index in [1.807, 2.05) is 29.2 Å². The SMILES string of the molecule is C=CCOc1ccccc1C(=O)N1CCNCC1. The third kappa shape index (κ3) is 2.90. The maximum Gasteiger partial charge on any atom is 0.257 e. The Morgan fingerprint density at radius 2 is 2.11 bits per heavy atom. The third-order valence-corrected chi connectivity index (χ3v) is 2.88. The maximum atomic E-state index is 12.4. The molecular formula is C14H18N2O2. The van der Waals surface area contributed by atoms with Crippen LogP contribution in [0.25, 0.3) is 0 Å². The highest BCUT2D eigenvalue weighted by molar-refractivity contribution is 5.97. The predicted molar refractivity (Wildman–Crippen MR) is 70.9 cm³/mol. The standard InChI is InChI=1S/C14H18N2O2/c1-2-11-18-13-6-4-3-5-12(13)14(17)16-9-7-15-8-10-16/h2-6,15H,1,7-11H2. The summed E-state index contributed by atoms with van der Waals surface area (Å²) in [6.45, 7) is 7.21. The van der Waals surface area contributed by atoms with Crippen molar-refractivity contribution in [1.29, 1.82) is 0 Å². The lowest BCUT2D eigenvalue weighted by molar-refractivity contribution is 0.0732. The van der Waals surface area contributed by atoms with Gasteiger partial charge in [-0.3, -0.25) is 4.79 Å². The lowest BCUT2D eigenvalue weighted by atomic mass is 10.1. The summed E-state index contributed by atoms with van der Waals surface area (Å²) in [5.41, 5.74) is 0.626. The minimum Gasteiger partial charge on any atom is -0.489 e. The molecule has 1 saturated heterocycles. The Balaban J connectivity index is 2.15. The first-order chi connectivity index (χ1) is 8.83. The molecule has 1 aliphatic heterocycles. The van der Waals surface area contributed by atoms with Crippen molar-refractivity contribution < 1.29 is 9.53 Å². The largest absolute Gasteiger partial charge is 0.489 e. The lowest BCUT2D eigenvalue weighted by Gasteiger charge is -2.28. The maximum absolute atomic E-state index is 12.4. The van der Waals surface area contributed by atoms with Crippen LogP contribution in [0, 0.1) is 0 Å². The highest BCUT2D eigenvalue weighted by atomic mass is 16.5. The number of rotatable bonds is 4. The zero-order valence-corrected chi connectivity index (χ0v) is 10.4. The molecule has 1 N–H and O–H groups in total. The van der Waals surface area contributed by atoms with E-state index in [-0.39, 0.29) is 5.91 Å². The lowest BCUT2D eigenvalue weighted by Crippen LogP contribution is -2.46. The van der Waals surface area contributed by atoms with E-state index in [1.54, 1.807) is 6.08 Å². The van der Waals surface area contributed by atoms with Gasteiger partial charge in [-0.15, -0.1) is 0 Å². The molecule has 4 heteroatoms. The van der Waals surface area contributed by atoms with Crippen LogP contribution in [0.3, 0.4) is 0 Å². The van der Waals surface area contributed by atoms with Gasteiger partial charge in [0.2, 0.25) is 0 Å².